The van der Waals surface area contributed by atoms with E-state index in [1.807, 2.05) is 0 Å². The molecule has 106 valence electrons. The molecule has 0 amide bonds. The number of hydrogen-bond acceptors (Lipinski definition) is 5. The van der Waals surface area contributed by atoms with Crippen LogP contribution in [0.2, 0.25) is 5.28 Å². The zero-order valence-corrected chi connectivity index (χ0v) is 10.8. The van der Waals surface area contributed by atoms with E-state index in [0.29, 0.717) is 0 Å². The van der Waals surface area contributed by atoms with Crippen molar-refractivity contribution in [2.24, 2.45) is 0 Å². The first-order valence-corrected chi connectivity index (χ1v) is 5.71. The number of halogens is 4. The van der Waals surface area contributed by atoms with Crippen molar-refractivity contribution in [2.45, 2.75) is 6.18 Å². The smallest absolute Gasteiger partial charge is 0.416 e. The predicted molar refractivity (Wildman–Crippen MR) is 65.9 cm³/mol. The van der Waals surface area contributed by atoms with E-state index in [-0.39, 0.29) is 23.0 Å². The third kappa shape index (κ3) is 3.47. The van der Waals surface area contributed by atoms with Crippen molar-refractivity contribution in [1.82, 2.24) is 15.0 Å². The Kier molecular flexibility index (Phi) is 3.93. The van der Waals surface area contributed by atoms with E-state index < -0.39 is 11.7 Å². The van der Waals surface area contributed by atoms with Crippen LogP contribution in [-0.2, 0) is 6.18 Å². The van der Waals surface area contributed by atoms with Crippen LogP contribution in [0.3, 0.4) is 0 Å². The summed E-state index contributed by atoms with van der Waals surface area (Å²) in [4.78, 5) is 11.2. The number of hydrogen-bond donors (Lipinski definition) is 1. The van der Waals surface area contributed by atoms with Crippen molar-refractivity contribution >= 4 is 17.5 Å². The van der Waals surface area contributed by atoms with Gasteiger partial charge in [-0.05, 0) is 29.8 Å². The highest BCUT2D eigenvalue weighted by Gasteiger charge is 2.30. The summed E-state index contributed by atoms with van der Waals surface area (Å²) < 4.78 is 42.8. The van der Waals surface area contributed by atoms with Crippen molar-refractivity contribution in [3.63, 3.8) is 0 Å². The molecule has 0 atom stereocenters. The number of rotatable bonds is 3. The monoisotopic (exact) mass is 304 g/mol. The molecule has 9 heteroatoms. The van der Waals surface area contributed by atoms with Crippen LogP contribution >= 0.6 is 11.6 Å². The van der Waals surface area contributed by atoms with E-state index in [1.165, 1.54) is 12.1 Å². The first kappa shape index (κ1) is 14.3. The van der Waals surface area contributed by atoms with Gasteiger partial charge >= 0.3 is 12.2 Å². The molecule has 0 aliphatic carbocycles. The summed E-state index contributed by atoms with van der Waals surface area (Å²) in [5, 5.41) is 2.49. The number of anilines is 1. The third-order valence-corrected chi connectivity index (χ3v) is 2.35. The van der Waals surface area contributed by atoms with E-state index >= 15 is 0 Å². The number of nitrogens with one attached hydrogen (secondary N) is 1. The minimum absolute atomic E-state index is 0.0517. The molecule has 0 bridgehead atoms. The van der Waals surface area contributed by atoms with Crippen LogP contribution in [0.25, 0.3) is 0 Å². The number of ether oxygens (including phenoxy) is 1. The molecule has 20 heavy (non-hydrogen) atoms. The Bertz CT molecular complexity index is 621. The zero-order valence-electron chi connectivity index (χ0n) is 10.1. The van der Waals surface area contributed by atoms with Gasteiger partial charge < -0.3 is 10.1 Å². The Hall–Kier alpha value is -2.09. The summed E-state index contributed by atoms with van der Waals surface area (Å²) >= 11 is 5.64. The Balaban J connectivity index is 2.28. The average Bonchev–Trinajstić information content (AvgIpc) is 2.37. The second-order valence-corrected chi connectivity index (χ2v) is 3.93. The lowest BCUT2D eigenvalue weighted by Crippen LogP contribution is -2.05. The Morgan fingerprint density at radius 2 is 1.95 bits per heavy atom. The van der Waals surface area contributed by atoms with Gasteiger partial charge in [-0.25, -0.2) is 0 Å². The molecule has 0 saturated carbocycles. The third-order valence-electron chi connectivity index (χ3n) is 2.18. The Morgan fingerprint density at radius 3 is 2.60 bits per heavy atom. The minimum Gasteiger partial charge on any atom is -0.424 e. The number of alkyl halides is 3. The first-order chi connectivity index (χ1) is 9.38. The summed E-state index contributed by atoms with van der Waals surface area (Å²) in [6.45, 7) is 0. The van der Waals surface area contributed by atoms with Gasteiger partial charge in [0.05, 0.1) is 5.56 Å². The molecular weight excluding hydrogens is 297 g/mol. The molecule has 0 unspecified atom stereocenters. The van der Waals surface area contributed by atoms with Crippen LogP contribution in [-0.4, -0.2) is 22.0 Å². The average molecular weight is 305 g/mol. The van der Waals surface area contributed by atoms with Gasteiger partial charge in [-0.2, -0.15) is 28.1 Å². The fourth-order valence-corrected chi connectivity index (χ4v) is 1.48. The molecule has 0 saturated heterocycles. The summed E-state index contributed by atoms with van der Waals surface area (Å²) in [5.74, 6) is 0.0936. The summed E-state index contributed by atoms with van der Waals surface area (Å²) in [6, 6.07) is 4.16. The minimum atomic E-state index is -4.45. The van der Waals surface area contributed by atoms with Crippen molar-refractivity contribution in [3.05, 3.63) is 35.1 Å². The second-order valence-electron chi connectivity index (χ2n) is 3.59. The highest BCUT2D eigenvalue weighted by molar-refractivity contribution is 6.28. The van der Waals surface area contributed by atoms with Crippen LogP contribution in [0.5, 0.6) is 11.8 Å². The molecule has 0 aliphatic rings. The Morgan fingerprint density at radius 1 is 1.20 bits per heavy atom. The van der Waals surface area contributed by atoms with E-state index in [0.717, 1.165) is 12.1 Å². The molecular formula is C11H8ClF3N4O. The van der Waals surface area contributed by atoms with Crippen molar-refractivity contribution in [3.8, 4) is 11.8 Å². The predicted octanol–water partition coefficient (Wildman–Crippen LogP) is 3.38. The SMILES string of the molecule is CNc1nc(Cl)nc(Oc2cccc(C(F)(F)F)c2)n1. The molecule has 2 rings (SSSR count). The van der Waals surface area contributed by atoms with Crippen LogP contribution in [0, 0.1) is 0 Å². The lowest BCUT2D eigenvalue weighted by molar-refractivity contribution is -0.137. The topological polar surface area (TPSA) is 59.9 Å². The van der Waals surface area contributed by atoms with E-state index in [4.69, 9.17) is 16.3 Å². The zero-order chi connectivity index (χ0) is 14.8. The molecule has 1 aromatic heterocycles. The number of benzene rings is 1. The second kappa shape index (κ2) is 5.49. The largest absolute Gasteiger partial charge is 0.424 e. The molecule has 1 aromatic carbocycles. The normalized spacial score (nSPS) is 11.2. The van der Waals surface area contributed by atoms with E-state index in [2.05, 4.69) is 20.3 Å². The summed E-state index contributed by atoms with van der Waals surface area (Å²) in [5.41, 5.74) is -0.830. The molecule has 0 spiro atoms. The highest BCUT2D eigenvalue weighted by atomic mass is 35.5. The van der Waals surface area contributed by atoms with Crippen LogP contribution in [0.15, 0.2) is 24.3 Å². The van der Waals surface area contributed by atoms with Crippen LogP contribution < -0.4 is 10.1 Å². The molecule has 2 aromatic rings. The molecule has 0 fully saturated rings. The standard InChI is InChI=1S/C11H8ClF3N4O/c1-16-9-17-8(12)18-10(19-9)20-7-4-2-3-6(5-7)11(13,14)15/h2-5H,1H3,(H,16,17,18,19). The lowest BCUT2D eigenvalue weighted by atomic mass is 10.2. The number of nitrogens with zero attached hydrogens (tertiary/aromatic N) is 3. The fraction of sp³-hybridized carbons (Fsp3) is 0.182. The molecule has 1 N–H and O–H groups in total. The van der Waals surface area contributed by atoms with Crippen molar-refractivity contribution in [2.75, 3.05) is 12.4 Å². The first-order valence-electron chi connectivity index (χ1n) is 5.33. The van der Waals surface area contributed by atoms with Gasteiger partial charge in [0.25, 0.3) is 0 Å². The van der Waals surface area contributed by atoms with Crippen molar-refractivity contribution in [1.29, 1.82) is 0 Å². The van der Waals surface area contributed by atoms with Crippen LogP contribution in [0.4, 0.5) is 19.1 Å². The quantitative estimate of drug-likeness (QED) is 0.942. The van der Waals surface area contributed by atoms with Gasteiger partial charge in [0.2, 0.25) is 11.2 Å². The van der Waals surface area contributed by atoms with Crippen molar-refractivity contribution < 1.29 is 17.9 Å². The molecule has 0 radical (unpaired) electrons. The van der Waals surface area contributed by atoms with Gasteiger partial charge in [0, 0.05) is 7.05 Å². The Labute approximate surface area is 116 Å². The fourth-order valence-electron chi connectivity index (χ4n) is 1.33. The summed E-state index contributed by atoms with van der Waals surface area (Å²) in [6.07, 6.45) is -4.45. The van der Waals surface area contributed by atoms with Crippen LogP contribution in [0.1, 0.15) is 5.56 Å². The maximum Gasteiger partial charge on any atom is 0.416 e. The highest BCUT2D eigenvalue weighted by Crippen LogP contribution is 2.32. The number of aromatic nitrogens is 3. The van der Waals surface area contributed by atoms with Gasteiger partial charge in [-0.1, -0.05) is 6.07 Å². The molecule has 0 aliphatic heterocycles. The van der Waals surface area contributed by atoms with Gasteiger partial charge in [-0.3, -0.25) is 0 Å². The molecule has 5 nitrogen and oxygen atoms in total. The maximum absolute atomic E-state index is 12.6. The van der Waals surface area contributed by atoms with Gasteiger partial charge in [0.1, 0.15) is 5.75 Å². The lowest BCUT2D eigenvalue weighted by Gasteiger charge is -2.09. The summed E-state index contributed by atoms with van der Waals surface area (Å²) in [7, 11) is 1.56. The van der Waals surface area contributed by atoms with E-state index in [9.17, 15) is 13.2 Å². The molecule has 1 heterocycles. The maximum atomic E-state index is 12.6. The van der Waals surface area contributed by atoms with Gasteiger partial charge in [0.15, 0.2) is 0 Å². The van der Waals surface area contributed by atoms with Gasteiger partial charge in [-0.15, -0.1) is 0 Å². The van der Waals surface area contributed by atoms with E-state index in [1.54, 1.807) is 7.05 Å².